The number of hydrogen-bond donors (Lipinski definition) is 2. The molecule has 0 unspecified atom stereocenters. The van der Waals surface area contributed by atoms with Crippen molar-refractivity contribution >= 4 is 5.95 Å². The van der Waals surface area contributed by atoms with E-state index in [1.807, 2.05) is 36.4 Å². The van der Waals surface area contributed by atoms with Crippen LogP contribution in [-0.4, -0.2) is 20.2 Å². The van der Waals surface area contributed by atoms with Crippen LogP contribution in [0.3, 0.4) is 0 Å². The molecule has 0 saturated carbocycles. The molecule has 0 spiro atoms. The third-order valence-corrected chi connectivity index (χ3v) is 2.64. The molecule has 0 amide bonds. The second-order valence-corrected chi connectivity index (χ2v) is 3.85. The van der Waals surface area contributed by atoms with Gasteiger partial charge in [0.1, 0.15) is 0 Å². The van der Waals surface area contributed by atoms with Crippen LogP contribution in [0.5, 0.6) is 0 Å². The third-order valence-electron chi connectivity index (χ3n) is 2.64. The maximum absolute atomic E-state index is 5.59. The van der Waals surface area contributed by atoms with Crippen molar-refractivity contribution in [1.29, 1.82) is 0 Å². The van der Waals surface area contributed by atoms with E-state index < -0.39 is 0 Å². The van der Waals surface area contributed by atoms with Crippen LogP contribution in [-0.2, 0) is 0 Å². The van der Waals surface area contributed by atoms with Gasteiger partial charge in [-0.2, -0.15) is 5.10 Å². The van der Waals surface area contributed by atoms with Gasteiger partial charge in [-0.3, -0.25) is 5.10 Å². The summed E-state index contributed by atoms with van der Waals surface area (Å²) in [4.78, 5) is 8.09. The predicted octanol–water partition coefficient (Wildman–Crippen LogP) is 2.12. The van der Waals surface area contributed by atoms with Crippen molar-refractivity contribution in [2.24, 2.45) is 0 Å². The third kappa shape index (κ3) is 1.93. The van der Waals surface area contributed by atoms with E-state index in [1.54, 1.807) is 12.4 Å². The van der Waals surface area contributed by atoms with Gasteiger partial charge in [-0.1, -0.05) is 18.2 Å². The zero-order chi connectivity index (χ0) is 12.4. The van der Waals surface area contributed by atoms with E-state index in [0.717, 1.165) is 22.5 Å². The van der Waals surface area contributed by atoms with Gasteiger partial charge in [0.2, 0.25) is 5.95 Å². The molecule has 88 valence electrons. The molecular formula is C13H11N5. The van der Waals surface area contributed by atoms with E-state index in [4.69, 9.17) is 5.73 Å². The summed E-state index contributed by atoms with van der Waals surface area (Å²) in [7, 11) is 0. The molecule has 0 atom stereocenters. The molecule has 3 N–H and O–H groups in total. The van der Waals surface area contributed by atoms with Crippen LogP contribution in [0.1, 0.15) is 0 Å². The standard InChI is InChI=1S/C13H11N5/c14-13-15-6-4-11(17-13)9-2-1-3-10(8-9)12-5-7-16-18-12/h1-8H,(H,16,18)(H2,14,15,17). The molecular weight excluding hydrogens is 226 g/mol. The molecule has 0 saturated heterocycles. The summed E-state index contributed by atoms with van der Waals surface area (Å²) in [5.74, 6) is 0.277. The summed E-state index contributed by atoms with van der Waals surface area (Å²) in [5, 5.41) is 6.88. The van der Waals surface area contributed by atoms with Crippen LogP contribution in [0, 0.1) is 0 Å². The number of aromatic amines is 1. The van der Waals surface area contributed by atoms with Crippen molar-refractivity contribution in [3.8, 4) is 22.5 Å². The Kier molecular flexibility index (Phi) is 2.49. The van der Waals surface area contributed by atoms with Crippen LogP contribution < -0.4 is 5.73 Å². The van der Waals surface area contributed by atoms with Crippen molar-refractivity contribution in [3.05, 3.63) is 48.8 Å². The largest absolute Gasteiger partial charge is 0.368 e. The molecule has 0 fully saturated rings. The SMILES string of the molecule is Nc1nccc(-c2cccc(-c3ccn[nH]3)c2)n1. The molecule has 3 aromatic rings. The maximum Gasteiger partial charge on any atom is 0.220 e. The van der Waals surface area contributed by atoms with E-state index in [9.17, 15) is 0 Å². The van der Waals surface area contributed by atoms with Crippen molar-refractivity contribution in [2.45, 2.75) is 0 Å². The Morgan fingerprint density at radius 2 is 1.89 bits per heavy atom. The van der Waals surface area contributed by atoms with Crippen LogP contribution in [0.15, 0.2) is 48.8 Å². The first-order valence-electron chi connectivity index (χ1n) is 5.51. The number of H-pyrrole nitrogens is 1. The van der Waals surface area contributed by atoms with Gasteiger partial charge in [-0.05, 0) is 18.2 Å². The first kappa shape index (κ1) is 10.5. The second-order valence-electron chi connectivity index (χ2n) is 3.85. The van der Waals surface area contributed by atoms with Gasteiger partial charge in [0.25, 0.3) is 0 Å². The average molecular weight is 237 g/mol. The predicted molar refractivity (Wildman–Crippen MR) is 69.5 cm³/mol. The first-order chi connectivity index (χ1) is 8.83. The van der Waals surface area contributed by atoms with Gasteiger partial charge in [0.15, 0.2) is 0 Å². The fraction of sp³-hybridized carbons (Fsp3) is 0. The number of aromatic nitrogens is 4. The minimum Gasteiger partial charge on any atom is -0.368 e. The molecule has 0 bridgehead atoms. The highest BCUT2D eigenvalue weighted by molar-refractivity contribution is 5.69. The van der Waals surface area contributed by atoms with E-state index in [1.165, 1.54) is 0 Å². The van der Waals surface area contributed by atoms with E-state index in [-0.39, 0.29) is 5.95 Å². The minimum absolute atomic E-state index is 0.277. The van der Waals surface area contributed by atoms with E-state index in [0.29, 0.717) is 0 Å². The number of nitrogens with two attached hydrogens (primary N) is 1. The number of benzene rings is 1. The molecule has 5 nitrogen and oxygen atoms in total. The molecule has 0 aliphatic carbocycles. The Bertz CT molecular complexity index is 661. The number of hydrogen-bond acceptors (Lipinski definition) is 4. The van der Waals surface area contributed by atoms with E-state index in [2.05, 4.69) is 20.2 Å². The summed E-state index contributed by atoms with van der Waals surface area (Å²) in [6, 6.07) is 11.8. The number of anilines is 1. The van der Waals surface area contributed by atoms with Crippen LogP contribution >= 0.6 is 0 Å². The quantitative estimate of drug-likeness (QED) is 0.715. The van der Waals surface area contributed by atoms with Gasteiger partial charge < -0.3 is 5.73 Å². The van der Waals surface area contributed by atoms with Gasteiger partial charge in [0, 0.05) is 23.5 Å². The Hall–Kier alpha value is -2.69. The number of nitrogens with one attached hydrogen (secondary N) is 1. The first-order valence-corrected chi connectivity index (χ1v) is 5.51. The van der Waals surface area contributed by atoms with E-state index >= 15 is 0 Å². The van der Waals surface area contributed by atoms with Gasteiger partial charge in [-0.15, -0.1) is 0 Å². The lowest BCUT2D eigenvalue weighted by atomic mass is 10.1. The molecule has 0 radical (unpaired) electrons. The van der Waals surface area contributed by atoms with Crippen molar-refractivity contribution in [1.82, 2.24) is 20.2 Å². The zero-order valence-corrected chi connectivity index (χ0v) is 9.54. The number of nitrogens with zero attached hydrogens (tertiary/aromatic N) is 3. The van der Waals surface area contributed by atoms with Crippen LogP contribution in [0.25, 0.3) is 22.5 Å². The lowest BCUT2D eigenvalue weighted by molar-refractivity contribution is 1.10. The number of rotatable bonds is 2. The van der Waals surface area contributed by atoms with Crippen LogP contribution in [0.4, 0.5) is 5.95 Å². The molecule has 0 aliphatic heterocycles. The average Bonchev–Trinajstić information content (AvgIpc) is 2.93. The highest BCUT2D eigenvalue weighted by atomic mass is 15.1. The molecule has 18 heavy (non-hydrogen) atoms. The maximum atomic E-state index is 5.59. The Morgan fingerprint density at radius 1 is 1.00 bits per heavy atom. The summed E-state index contributed by atoms with van der Waals surface area (Å²) >= 11 is 0. The zero-order valence-electron chi connectivity index (χ0n) is 9.54. The second kappa shape index (κ2) is 4.29. The lowest BCUT2D eigenvalue weighted by Gasteiger charge is -2.03. The van der Waals surface area contributed by atoms with Gasteiger partial charge >= 0.3 is 0 Å². The molecule has 2 aromatic heterocycles. The molecule has 0 aliphatic rings. The molecule has 5 heteroatoms. The Labute approximate surface area is 104 Å². The normalized spacial score (nSPS) is 10.4. The molecule has 3 rings (SSSR count). The lowest BCUT2D eigenvalue weighted by Crippen LogP contribution is -1.95. The summed E-state index contributed by atoms with van der Waals surface area (Å²) in [6.07, 6.45) is 3.38. The molecule has 2 heterocycles. The van der Waals surface area contributed by atoms with Gasteiger partial charge in [-0.25, -0.2) is 9.97 Å². The topological polar surface area (TPSA) is 80.5 Å². The Morgan fingerprint density at radius 3 is 2.67 bits per heavy atom. The summed E-state index contributed by atoms with van der Waals surface area (Å²) < 4.78 is 0. The summed E-state index contributed by atoms with van der Waals surface area (Å²) in [5.41, 5.74) is 9.42. The summed E-state index contributed by atoms with van der Waals surface area (Å²) in [6.45, 7) is 0. The Balaban J connectivity index is 2.06. The van der Waals surface area contributed by atoms with Crippen molar-refractivity contribution in [3.63, 3.8) is 0 Å². The fourth-order valence-electron chi connectivity index (χ4n) is 1.80. The highest BCUT2D eigenvalue weighted by Gasteiger charge is 2.03. The van der Waals surface area contributed by atoms with Gasteiger partial charge in [0.05, 0.1) is 11.4 Å². The fourth-order valence-corrected chi connectivity index (χ4v) is 1.80. The van der Waals surface area contributed by atoms with Crippen LogP contribution in [0.2, 0.25) is 0 Å². The number of nitrogen functional groups attached to an aromatic ring is 1. The highest BCUT2D eigenvalue weighted by Crippen LogP contribution is 2.23. The molecule has 1 aromatic carbocycles. The monoisotopic (exact) mass is 237 g/mol. The van der Waals surface area contributed by atoms with Crippen molar-refractivity contribution in [2.75, 3.05) is 5.73 Å². The smallest absolute Gasteiger partial charge is 0.220 e. The van der Waals surface area contributed by atoms with Crippen molar-refractivity contribution < 1.29 is 0 Å². The minimum atomic E-state index is 0.277.